The summed E-state index contributed by atoms with van der Waals surface area (Å²) < 4.78 is 0. The maximum atomic E-state index is 6.26. The van der Waals surface area contributed by atoms with E-state index < -0.39 is 0 Å². The summed E-state index contributed by atoms with van der Waals surface area (Å²) in [4.78, 5) is 9.03. The summed E-state index contributed by atoms with van der Waals surface area (Å²) in [7, 11) is 0. The van der Waals surface area contributed by atoms with Gasteiger partial charge in [0, 0.05) is 0 Å². The summed E-state index contributed by atoms with van der Waals surface area (Å²) in [5.74, 6) is 0.877. The van der Waals surface area contributed by atoms with E-state index in [1.54, 1.807) is 11.3 Å². The molecule has 0 aromatic carbocycles. The molecule has 0 saturated carbocycles. The topological polar surface area (TPSA) is 54.7 Å². The lowest BCUT2D eigenvalue weighted by Crippen LogP contribution is -2.34. The SMILES string of the molecule is CCCC(C)(N)c1ncc(-c2sccc2C)[nH]1. The second kappa shape index (κ2) is 4.63. The first kappa shape index (κ1) is 12.3. The van der Waals surface area contributed by atoms with Crippen LogP contribution in [0.3, 0.4) is 0 Å². The average Bonchev–Trinajstić information content (AvgIpc) is 2.85. The number of nitrogens with one attached hydrogen (secondary N) is 1. The third kappa shape index (κ3) is 2.42. The van der Waals surface area contributed by atoms with Crippen LogP contribution in [-0.4, -0.2) is 9.97 Å². The van der Waals surface area contributed by atoms with Gasteiger partial charge in [-0.25, -0.2) is 4.98 Å². The van der Waals surface area contributed by atoms with Gasteiger partial charge in [0.25, 0.3) is 0 Å². The Morgan fingerprint density at radius 1 is 1.53 bits per heavy atom. The molecule has 2 aromatic heterocycles. The van der Waals surface area contributed by atoms with Gasteiger partial charge in [-0.15, -0.1) is 11.3 Å². The van der Waals surface area contributed by atoms with Crippen molar-refractivity contribution in [3.8, 4) is 10.6 Å². The van der Waals surface area contributed by atoms with E-state index in [1.165, 1.54) is 10.4 Å². The Hall–Kier alpha value is -1.13. The summed E-state index contributed by atoms with van der Waals surface area (Å²) in [5.41, 5.74) is 8.25. The number of rotatable bonds is 4. The predicted octanol–water partition coefficient (Wildman–Crippen LogP) is 3.42. The molecule has 0 aliphatic carbocycles. The molecule has 3 N–H and O–H groups in total. The molecule has 0 aliphatic rings. The van der Waals surface area contributed by atoms with E-state index in [-0.39, 0.29) is 5.54 Å². The normalized spacial score (nSPS) is 14.8. The van der Waals surface area contributed by atoms with Crippen molar-refractivity contribution in [2.45, 2.75) is 39.2 Å². The van der Waals surface area contributed by atoms with Crippen LogP contribution in [0, 0.1) is 6.92 Å². The Morgan fingerprint density at radius 3 is 2.88 bits per heavy atom. The van der Waals surface area contributed by atoms with Crippen LogP contribution in [0.15, 0.2) is 17.6 Å². The van der Waals surface area contributed by atoms with Crippen molar-refractivity contribution >= 4 is 11.3 Å². The molecule has 3 nitrogen and oxygen atoms in total. The van der Waals surface area contributed by atoms with Gasteiger partial charge in [-0.1, -0.05) is 13.3 Å². The molecule has 2 heterocycles. The maximum absolute atomic E-state index is 6.26. The molecule has 0 radical (unpaired) electrons. The fraction of sp³-hybridized carbons (Fsp3) is 0.462. The minimum absolute atomic E-state index is 0.363. The minimum Gasteiger partial charge on any atom is -0.340 e. The third-order valence-electron chi connectivity index (χ3n) is 2.99. The Bertz CT molecular complexity index is 496. The van der Waals surface area contributed by atoms with Gasteiger partial charge in [-0.05, 0) is 37.3 Å². The molecule has 2 aromatic rings. The molecule has 0 fully saturated rings. The van der Waals surface area contributed by atoms with E-state index >= 15 is 0 Å². The van der Waals surface area contributed by atoms with Crippen LogP contribution in [0.5, 0.6) is 0 Å². The van der Waals surface area contributed by atoms with Gasteiger partial charge in [0.05, 0.1) is 22.3 Å². The highest BCUT2D eigenvalue weighted by Gasteiger charge is 2.24. The van der Waals surface area contributed by atoms with Crippen molar-refractivity contribution in [1.82, 2.24) is 9.97 Å². The van der Waals surface area contributed by atoms with Crippen molar-refractivity contribution < 1.29 is 0 Å². The zero-order valence-electron chi connectivity index (χ0n) is 10.6. The van der Waals surface area contributed by atoms with Crippen LogP contribution >= 0.6 is 11.3 Å². The van der Waals surface area contributed by atoms with E-state index in [1.807, 2.05) is 13.1 Å². The minimum atomic E-state index is -0.363. The number of nitrogens with zero attached hydrogens (tertiary/aromatic N) is 1. The number of hydrogen-bond donors (Lipinski definition) is 2. The Labute approximate surface area is 106 Å². The highest BCUT2D eigenvalue weighted by Crippen LogP contribution is 2.29. The van der Waals surface area contributed by atoms with Gasteiger partial charge in [0.2, 0.25) is 0 Å². The van der Waals surface area contributed by atoms with Crippen LogP contribution in [0.25, 0.3) is 10.6 Å². The van der Waals surface area contributed by atoms with Crippen LogP contribution in [0.1, 0.15) is 38.1 Å². The lowest BCUT2D eigenvalue weighted by molar-refractivity contribution is 0.423. The highest BCUT2D eigenvalue weighted by atomic mass is 32.1. The number of imidazole rings is 1. The van der Waals surface area contributed by atoms with Gasteiger partial charge in [0.15, 0.2) is 0 Å². The van der Waals surface area contributed by atoms with Crippen molar-refractivity contribution in [3.05, 3.63) is 29.0 Å². The fourth-order valence-corrected chi connectivity index (χ4v) is 2.91. The summed E-state index contributed by atoms with van der Waals surface area (Å²) >= 11 is 1.73. The second-order valence-corrected chi connectivity index (χ2v) is 5.66. The monoisotopic (exact) mass is 249 g/mol. The molecular formula is C13H19N3S. The average molecular weight is 249 g/mol. The number of thiophene rings is 1. The number of aromatic amines is 1. The van der Waals surface area contributed by atoms with Crippen LogP contribution in [0.4, 0.5) is 0 Å². The standard InChI is InChI=1S/C13H19N3S/c1-4-6-13(3,14)12-15-8-10(16-12)11-9(2)5-7-17-11/h5,7-8H,4,6,14H2,1-3H3,(H,15,16). The van der Waals surface area contributed by atoms with Crippen molar-refractivity contribution in [2.75, 3.05) is 0 Å². The van der Waals surface area contributed by atoms with Crippen molar-refractivity contribution in [1.29, 1.82) is 0 Å². The van der Waals surface area contributed by atoms with Gasteiger partial charge in [0.1, 0.15) is 5.82 Å². The quantitative estimate of drug-likeness (QED) is 0.872. The molecular weight excluding hydrogens is 230 g/mol. The van der Waals surface area contributed by atoms with E-state index in [9.17, 15) is 0 Å². The van der Waals surface area contributed by atoms with Gasteiger partial charge >= 0.3 is 0 Å². The Kier molecular flexibility index (Phi) is 3.35. The summed E-state index contributed by atoms with van der Waals surface area (Å²) in [6, 6.07) is 2.12. The van der Waals surface area contributed by atoms with Gasteiger partial charge in [-0.2, -0.15) is 0 Å². The zero-order chi connectivity index (χ0) is 12.5. The number of hydrogen-bond acceptors (Lipinski definition) is 3. The molecule has 4 heteroatoms. The van der Waals surface area contributed by atoms with E-state index in [0.29, 0.717) is 0 Å². The van der Waals surface area contributed by atoms with E-state index in [2.05, 4.69) is 35.3 Å². The smallest absolute Gasteiger partial charge is 0.126 e. The first-order chi connectivity index (χ1) is 8.04. The number of nitrogens with two attached hydrogens (primary N) is 1. The molecule has 2 rings (SSSR count). The molecule has 1 atom stereocenters. The second-order valence-electron chi connectivity index (χ2n) is 4.75. The molecule has 0 spiro atoms. The van der Waals surface area contributed by atoms with Crippen molar-refractivity contribution in [3.63, 3.8) is 0 Å². The molecule has 1 unspecified atom stereocenters. The largest absolute Gasteiger partial charge is 0.340 e. The lowest BCUT2D eigenvalue weighted by Gasteiger charge is -2.21. The molecule has 0 bridgehead atoms. The van der Waals surface area contributed by atoms with Crippen LogP contribution in [-0.2, 0) is 5.54 Å². The molecule has 0 aliphatic heterocycles. The van der Waals surface area contributed by atoms with Crippen molar-refractivity contribution in [2.24, 2.45) is 5.73 Å². The first-order valence-electron chi connectivity index (χ1n) is 5.93. The van der Waals surface area contributed by atoms with Crippen LogP contribution in [0.2, 0.25) is 0 Å². The fourth-order valence-electron chi connectivity index (χ4n) is 2.01. The Balaban J connectivity index is 2.31. The number of aryl methyl sites for hydroxylation is 1. The van der Waals surface area contributed by atoms with Gasteiger partial charge in [-0.3, -0.25) is 0 Å². The maximum Gasteiger partial charge on any atom is 0.126 e. The zero-order valence-corrected chi connectivity index (χ0v) is 11.4. The van der Waals surface area contributed by atoms with E-state index in [0.717, 1.165) is 24.4 Å². The Morgan fingerprint density at radius 2 is 2.29 bits per heavy atom. The van der Waals surface area contributed by atoms with E-state index in [4.69, 9.17) is 5.73 Å². The highest BCUT2D eigenvalue weighted by molar-refractivity contribution is 7.13. The lowest BCUT2D eigenvalue weighted by atomic mass is 9.97. The summed E-state index contributed by atoms with van der Waals surface area (Å²) in [6.07, 6.45) is 3.87. The summed E-state index contributed by atoms with van der Waals surface area (Å²) in [6.45, 7) is 6.28. The van der Waals surface area contributed by atoms with Crippen LogP contribution < -0.4 is 5.73 Å². The summed E-state index contributed by atoms with van der Waals surface area (Å²) in [5, 5.41) is 2.10. The molecule has 0 amide bonds. The molecule has 0 saturated heterocycles. The molecule has 92 valence electrons. The predicted molar refractivity (Wildman–Crippen MR) is 73.1 cm³/mol. The van der Waals surface area contributed by atoms with Gasteiger partial charge < -0.3 is 10.7 Å². The third-order valence-corrected chi connectivity index (χ3v) is 4.04. The number of aromatic nitrogens is 2. The number of H-pyrrole nitrogens is 1. The molecule has 17 heavy (non-hydrogen) atoms. The first-order valence-corrected chi connectivity index (χ1v) is 6.81.